The van der Waals surface area contributed by atoms with Gasteiger partial charge in [-0.05, 0) is 57.2 Å². The van der Waals surface area contributed by atoms with Crippen LogP contribution >= 0.6 is 0 Å². The minimum absolute atomic E-state index is 0.328. The maximum Gasteiger partial charge on any atom is 0.000661 e. The van der Waals surface area contributed by atoms with Crippen molar-refractivity contribution in [2.45, 2.75) is 52.4 Å². The third kappa shape index (κ3) is 5.31. The molecule has 1 rings (SSSR count). The van der Waals surface area contributed by atoms with Gasteiger partial charge in [0, 0.05) is 6.54 Å². The Hall–Kier alpha value is -0.0800. The quantitative estimate of drug-likeness (QED) is 0.723. The van der Waals surface area contributed by atoms with Gasteiger partial charge in [0.05, 0.1) is 0 Å². The van der Waals surface area contributed by atoms with Crippen molar-refractivity contribution in [3.05, 3.63) is 0 Å². The minimum atomic E-state index is 0.328. The summed E-state index contributed by atoms with van der Waals surface area (Å²) in [7, 11) is 2.27. The smallest absolute Gasteiger partial charge is 0.000661 e. The van der Waals surface area contributed by atoms with E-state index in [0.29, 0.717) is 5.41 Å². The summed E-state index contributed by atoms with van der Waals surface area (Å²) in [6, 6.07) is 0. The van der Waals surface area contributed by atoms with E-state index in [1.807, 2.05) is 0 Å². The van der Waals surface area contributed by atoms with Crippen LogP contribution in [0.3, 0.4) is 0 Å². The molecule has 16 heavy (non-hydrogen) atoms. The highest BCUT2D eigenvalue weighted by Gasteiger charge is 2.18. The third-order valence-electron chi connectivity index (χ3n) is 3.99. The zero-order chi connectivity index (χ0) is 12.0. The van der Waals surface area contributed by atoms with E-state index >= 15 is 0 Å². The molecule has 1 aliphatic rings. The fourth-order valence-corrected chi connectivity index (χ4v) is 2.65. The Labute approximate surface area is 102 Å². The van der Waals surface area contributed by atoms with Gasteiger partial charge in [0.25, 0.3) is 0 Å². The molecule has 2 heteroatoms. The molecule has 2 N–H and O–H groups in total. The van der Waals surface area contributed by atoms with Crippen LogP contribution in [-0.2, 0) is 0 Å². The number of hydrogen-bond acceptors (Lipinski definition) is 2. The molecular weight excluding hydrogens is 196 g/mol. The van der Waals surface area contributed by atoms with Crippen molar-refractivity contribution in [2.24, 2.45) is 17.1 Å². The lowest BCUT2D eigenvalue weighted by atomic mass is 9.88. The maximum absolute atomic E-state index is 5.74. The SMILES string of the molecule is CN(CCCC(C)(C)CN)CC1CCCC1. The van der Waals surface area contributed by atoms with E-state index in [0.717, 1.165) is 12.5 Å². The predicted octanol–water partition coefficient (Wildman–Crippen LogP) is 2.87. The number of rotatable bonds is 7. The Kier molecular flexibility index (Phi) is 5.77. The summed E-state index contributed by atoms with van der Waals surface area (Å²) in [5, 5.41) is 0. The fraction of sp³-hybridized carbons (Fsp3) is 1.00. The summed E-state index contributed by atoms with van der Waals surface area (Å²) in [6.07, 6.45) is 8.36. The molecule has 0 atom stereocenters. The number of nitrogens with two attached hydrogens (primary N) is 1. The van der Waals surface area contributed by atoms with Gasteiger partial charge in [-0.25, -0.2) is 0 Å². The van der Waals surface area contributed by atoms with Gasteiger partial charge in [-0.2, -0.15) is 0 Å². The summed E-state index contributed by atoms with van der Waals surface area (Å²) in [4.78, 5) is 2.52. The highest BCUT2D eigenvalue weighted by molar-refractivity contribution is 4.72. The third-order valence-corrected chi connectivity index (χ3v) is 3.99. The number of nitrogens with zero attached hydrogens (tertiary/aromatic N) is 1. The molecule has 0 aromatic rings. The molecule has 96 valence electrons. The summed E-state index contributed by atoms with van der Waals surface area (Å²) in [5.74, 6) is 0.979. The predicted molar refractivity (Wildman–Crippen MR) is 71.5 cm³/mol. The first-order valence-corrected chi connectivity index (χ1v) is 6.92. The van der Waals surface area contributed by atoms with E-state index in [4.69, 9.17) is 5.73 Å². The van der Waals surface area contributed by atoms with Gasteiger partial charge in [0.1, 0.15) is 0 Å². The van der Waals surface area contributed by atoms with Gasteiger partial charge in [-0.3, -0.25) is 0 Å². The van der Waals surface area contributed by atoms with Gasteiger partial charge in [-0.15, -0.1) is 0 Å². The normalized spacial score (nSPS) is 18.6. The van der Waals surface area contributed by atoms with Crippen LogP contribution in [0.4, 0.5) is 0 Å². The average Bonchev–Trinajstić information content (AvgIpc) is 2.70. The van der Waals surface area contributed by atoms with Gasteiger partial charge < -0.3 is 10.6 Å². The molecule has 0 heterocycles. The van der Waals surface area contributed by atoms with Crippen LogP contribution in [0.25, 0.3) is 0 Å². The van der Waals surface area contributed by atoms with Crippen molar-refractivity contribution < 1.29 is 0 Å². The van der Waals surface area contributed by atoms with Gasteiger partial charge >= 0.3 is 0 Å². The van der Waals surface area contributed by atoms with Crippen LogP contribution in [0, 0.1) is 11.3 Å². The van der Waals surface area contributed by atoms with Gasteiger partial charge in [0.15, 0.2) is 0 Å². The Balaban J connectivity index is 2.07. The molecule has 0 bridgehead atoms. The number of hydrogen-bond donors (Lipinski definition) is 1. The minimum Gasteiger partial charge on any atom is -0.330 e. The molecule has 0 spiro atoms. The molecule has 1 saturated carbocycles. The summed E-state index contributed by atoms with van der Waals surface area (Å²) in [6.45, 7) is 7.89. The second-order valence-electron chi connectivity index (χ2n) is 6.38. The van der Waals surface area contributed by atoms with Crippen molar-refractivity contribution in [2.75, 3.05) is 26.7 Å². The average molecular weight is 226 g/mol. The van der Waals surface area contributed by atoms with Crippen LogP contribution < -0.4 is 5.73 Å². The lowest BCUT2D eigenvalue weighted by Crippen LogP contribution is -2.28. The Morgan fingerprint density at radius 2 is 1.88 bits per heavy atom. The topological polar surface area (TPSA) is 29.3 Å². The van der Waals surface area contributed by atoms with Crippen molar-refractivity contribution in [3.63, 3.8) is 0 Å². The van der Waals surface area contributed by atoms with E-state index in [9.17, 15) is 0 Å². The molecule has 0 amide bonds. The van der Waals surface area contributed by atoms with Crippen LogP contribution in [-0.4, -0.2) is 31.6 Å². The molecule has 1 fully saturated rings. The summed E-state index contributed by atoms with van der Waals surface area (Å²) < 4.78 is 0. The van der Waals surface area contributed by atoms with Crippen molar-refractivity contribution >= 4 is 0 Å². The van der Waals surface area contributed by atoms with E-state index < -0.39 is 0 Å². The second-order valence-corrected chi connectivity index (χ2v) is 6.38. The van der Waals surface area contributed by atoms with Crippen molar-refractivity contribution in [1.82, 2.24) is 4.90 Å². The van der Waals surface area contributed by atoms with Gasteiger partial charge in [0.2, 0.25) is 0 Å². The Morgan fingerprint density at radius 1 is 1.25 bits per heavy atom. The molecule has 1 aliphatic carbocycles. The van der Waals surface area contributed by atoms with E-state index in [1.165, 1.54) is 51.6 Å². The zero-order valence-corrected chi connectivity index (χ0v) is 11.5. The largest absolute Gasteiger partial charge is 0.330 e. The van der Waals surface area contributed by atoms with Crippen LogP contribution in [0.2, 0.25) is 0 Å². The monoisotopic (exact) mass is 226 g/mol. The molecular formula is C14H30N2. The lowest BCUT2D eigenvalue weighted by molar-refractivity contribution is 0.249. The standard InChI is InChI=1S/C14H30N2/c1-14(2,12-15)9-6-10-16(3)11-13-7-4-5-8-13/h13H,4-12,15H2,1-3H3. The first kappa shape index (κ1) is 14.0. The first-order valence-electron chi connectivity index (χ1n) is 6.92. The molecule has 0 unspecified atom stereocenters. The molecule has 0 radical (unpaired) electrons. The van der Waals surface area contributed by atoms with Gasteiger partial charge in [-0.1, -0.05) is 26.7 Å². The Bertz CT molecular complexity index is 183. The molecule has 0 aromatic heterocycles. The van der Waals surface area contributed by atoms with Crippen LogP contribution in [0.1, 0.15) is 52.4 Å². The summed E-state index contributed by atoms with van der Waals surface area (Å²) in [5.41, 5.74) is 6.07. The lowest BCUT2D eigenvalue weighted by Gasteiger charge is -2.25. The van der Waals surface area contributed by atoms with Crippen molar-refractivity contribution in [3.8, 4) is 0 Å². The van der Waals surface area contributed by atoms with Crippen LogP contribution in [0.5, 0.6) is 0 Å². The first-order chi connectivity index (χ1) is 7.53. The Morgan fingerprint density at radius 3 is 2.44 bits per heavy atom. The van der Waals surface area contributed by atoms with Crippen molar-refractivity contribution in [1.29, 1.82) is 0 Å². The molecule has 0 aromatic carbocycles. The molecule has 2 nitrogen and oxygen atoms in total. The fourth-order valence-electron chi connectivity index (χ4n) is 2.65. The van der Waals surface area contributed by atoms with E-state index in [-0.39, 0.29) is 0 Å². The summed E-state index contributed by atoms with van der Waals surface area (Å²) >= 11 is 0. The highest BCUT2D eigenvalue weighted by Crippen LogP contribution is 2.25. The van der Waals surface area contributed by atoms with E-state index in [2.05, 4.69) is 25.8 Å². The second kappa shape index (κ2) is 6.61. The molecule has 0 aliphatic heterocycles. The zero-order valence-electron chi connectivity index (χ0n) is 11.5. The van der Waals surface area contributed by atoms with Crippen LogP contribution in [0.15, 0.2) is 0 Å². The van der Waals surface area contributed by atoms with E-state index in [1.54, 1.807) is 0 Å². The highest BCUT2D eigenvalue weighted by atomic mass is 15.1. The maximum atomic E-state index is 5.74. The molecule has 0 saturated heterocycles.